The van der Waals surface area contributed by atoms with Crippen molar-refractivity contribution in [2.75, 3.05) is 10.6 Å². The van der Waals surface area contributed by atoms with Gasteiger partial charge in [-0.05, 0) is 42.5 Å². The Hall–Kier alpha value is -4.14. The van der Waals surface area contributed by atoms with Crippen LogP contribution >= 0.6 is 0 Å². The summed E-state index contributed by atoms with van der Waals surface area (Å²) in [6, 6.07) is 11.8. The fourth-order valence-electron chi connectivity index (χ4n) is 2.28. The fourth-order valence-corrected chi connectivity index (χ4v) is 2.28. The number of benzene rings is 2. The average Bonchev–Trinajstić information content (AvgIpc) is 2.63. The zero-order chi connectivity index (χ0) is 19.4. The number of nitrogens with one attached hydrogen (secondary N) is 2. The van der Waals surface area contributed by atoms with Gasteiger partial charge in [-0.3, -0.25) is 0 Å². The quantitative estimate of drug-likeness (QED) is 0.415. The van der Waals surface area contributed by atoms with Gasteiger partial charge < -0.3 is 26.0 Å². The number of aromatic carboxylic acids is 2. The summed E-state index contributed by atoms with van der Waals surface area (Å²) in [6.07, 6.45) is 1.48. The molecule has 3 aromatic rings. The van der Waals surface area contributed by atoms with Crippen LogP contribution in [0.4, 0.5) is 23.1 Å². The first-order valence-corrected chi connectivity index (χ1v) is 7.69. The average molecular weight is 366 g/mol. The van der Waals surface area contributed by atoms with Crippen molar-refractivity contribution in [2.45, 2.75) is 0 Å². The molecule has 9 nitrogen and oxygen atoms in total. The summed E-state index contributed by atoms with van der Waals surface area (Å²) < 4.78 is 0. The SMILES string of the molecule is O=C(O)c1cccc(Nc2nccc(Nc3ccc(O)c(C(=O)O)c3)n2)c1. The Morgan fingerprint density at radius 3 is 2.41 bits per heavy atom. The number of rotatable bonds is 6. The minimum Gasteiger partial charge on any atom is -0.507 e. The number of carbonyl (C=O) groups is 2. The molecule has 0 fully saturated rings. The van der Waals surface area contributed by atoms with E-state index in [-0.39, 0.29) is 22.8 Å². The third-order valence-corrected chi connectivity index (χ3v) is 3.52. The summed E-state index contributed by atoms with van der Waals surface area (Å²) in [7, 11) is 0. The number of anilines is 4. The molecule has 9 heteroatoms. The topological polar surface area (TPSA) is 145 Å². The molecule has 0 amide bonds. The lowest BCUT2D eigenvalue weighted by Crippen LogP contribution is -2.03. The van der Waals surface area contributed by atoms with Gasteiger partial charge in [0.15, 0.2) is 0 Å². The van der Waals surface area contributed by atoms with Crippen LogP contribution in [0.2, 0.25) is 0 Å². The van der Waals surface area contributed by atoms with Gasteiger partial charge in [0.05, 0.1) is 5.56 Å². The first-order chi connectivity index (χ1) is 12.9. The Morgan fingerprint density at radius 1 is 0.889 bits per heavy atom. The molecule has 0 saturated carbocycles. The molecule has 0 aliphatic heterocycles. The zero-order valence-corrected chi connectivity index (χ0v) is 13.7. The maximum absolute atomic E-state index is 11.1. The number of nitrogens with zero attached hydrogens (tertiary/aromatic N) is 2. The molecule has 1 heterocycles. The summed E-state index contributed by atoms with van der Waals surface area (Å²) in [4.78, 5) is 30.4. The lowest BCUT2D eigenvalue weighted by molar-refractivity contribution is 0.0684. The van der Waals surface area contributed by atoms with Gasteiger partial charge in [0, 0.05) is 17.6 Å². The van der Waals surface area contributed by atoms with Crippen LogP contribution < -0.4 is 10.6 Å². The van der Waals surface area contributed by atoms with Crippen LogP contribution in [0, 0.1) is 0 Å². The second kappa shape index (κ2) is 7.40. The minimum atomic E-state index is -1.25. The highest BCUT2D eigenvalue weighted by Crippen LogP contribution is 2.24. The summed E-state index contributed by atoms with van der Waals surface area (Å²) >= 11 is 0. The lowest BCUT2D eigenvalue weighted by atomic mass is 10.2. The second-order valence-corrected chi connectivity index (χ2v) is 5.44. The van der Waals surface area contributed by atoms with Gasteiger partial charge in [0.25, 0.3) is 0 Å². The summed E-state index contributed by atoms with van der Waals surface area (Å²) in [5.74, 6) is -2.03. The Balaban J connectivity index is 1.80. The van der Waals surface area contributed by atoms with Gasteiger partial charge in [0.2, 0.25) is 5.95 Å². The monoisotopic (exact) mass is 366 g/mol. The highest BCUT2D eigenvalue weighted by Gasteiger charge is 2.11. The van der Waals surface area contributed by atoms with Crippen molar-refractivity contribution in [1.82, 2.24) is 9.97 Å². The molecular formula is C18H14N4O5. The molecule has 0 aliphatic rings. The standard InChI is InChI=1S/C18H14N4O5/c23-14-5-4-12(9-13(14)17(26)27)20-15-6-7-19-18(22-15)21-11-3-1-2-10(8-11)16(24)25/h1-9,23H,(H,24,25)(H,26,27)(H2,19,20,21,22). The van der Waals surface area contributed by atoms with E-state index in [9.17, 15) is 14.7 Å². The Kier molecular flexibility index (Phi) is 4.84. The van der Waals surface area contributed by atoms with Crippen LogP contribution in [0.5, 0.6) is 5.75 Å². The molecule has 27 heavy (non-hydrogen) atoms. The predicted molar refractivity (Wildman–Crippen MR) is 97.1 cm³/mol. The van der Waals surface area contributed by atoms with Crippen molar-refractivity contribution in [3.8, 4) is 5.75 Å². The van der Waals surface area contributed by atoms with Crippen molar-refractivity contribution in [2.24, 2.45) is 0 Å². The van der Waals surface area contributed by atoms with E-state index >= 15 is 0 Å². The largest absolute Gasteiger partial charge is 0.507 e. The van der Waals surface area contributed by atoms with E-state index in [0.717, 1.165) is 0 Å². The molecular weight excluding hydrogens is 352 g/mol. The first kappa shape index (κ1) is 17.7. The van der Waals surface area contributed by atoms with Gasteiger partial charge in [-0.15, -0.1) is 0 Å². The van der Waals surface area contributed by atoms with E-state index in [1.165, 1.54) is 36.5 Å². The van der Waals surface area contributed by atoms with E-state index in [1.807, 2.05) is 0 Å². The minimum absolute atomic E-state index is 0.125. The van der Waals surface area contributed by atoms with Crippen LogP contribution in [0.3, 0.4) is 0 Å². The highest BCUT2D eigenvalue weighted by atomic mass is 16.4. The van der Waals surface area contributed by atoms with Gasteiger partial charge in [-0.1, -0.05) is 6.07 Å². The molecule has 0 spiro atoms. The molecule has 1 aromatic heterocycles. The summed E-state index contributed by atoms with van der Waals surface area (Å²) in [5, 5.41) is 33.5. The van der Waals surface area contributed by atoms with Crippen molar-refractivity contribution in [3.05, 3.63) is 65.9 Å². The van der Waals surface area contributed by atoms with Crippen LogP contribution in [-0.4, -0.2) is 37.2 Å². The Morgan fingerprint density at radius 2 is 1.67 bits per heavy atom. The van der Waals surface area contributed by atoms with Gasteiger partial charge >= 0.3 is 11.9 Å². The zero-order valence-electron chi connectivity index (χ0n) is 13.7. The second-order valence-electron chi connectivity index (χ2n) is 5.44. The molecule has 2 aromatic carbocycles. The molecule has 0 radical (unpaired) electrons. The molecule has 0 aliphatic carbocycles. The number of phenols is 1. The molecule has 136 valence electrons. The first-order valence-electron chi connectivity index (χ1n) is 7.69. The Labute approximate surface area is 153 Å². The molecule has 5 N–H and O–H groups in total. The maximum atomic E-state index is 11.1. The highest BCUT2D eigenvalue weighted by molar-refractivity contribution is 5.92. The number of carboxylic acids is 2. The van der Waals surface area contributed by atoms with Crippen LogP contribution in [-0.2, 0) is 0 Å². The van der Waals surface area contributed by atoms with E-state index in [1.54, 1.807) is 18.2 Å². The Bertz CT molecular complexity index is 1020. The van der Waals surface area contributed by atoms with Crippen molar-refractivity contribution in [3.63, 3.8) is 0 Å². The normalized spacial score (nSPS) is 10.2. The van der Waals surface area contributed by atoms with Gasteiger partial charge in [-0.25, -0.2) is 14.6 Å². The summed E-state index contributed by atoms with van der Waals surface area (Å²) in [5.41, 5.74) is 0.810. The van der Waals surface area contributed by atoms with E-state index < -0.39 is 11.9 Å². The predicted octanol–water partition coefficient (Wildman–Crippen LogP) is 3.07. The third-order valence-electron chi connectivity index (χ3n) is 3.52. The fraction of sp³-hybridized carbons (Fsp3) is 0. The van der Waals surface area contributed by atoms with Crippen LogP contribution in [0.15, 0.2) is 54.7 Å². The summed E-state index contributed by atoms with van der Waals surface area (Å²) in [6.45, 7) is 0. The lowest BCUT2D eigenvalue weighted by Gasteiger charge is -2.10. The van der Waals surface area contributed by atoms with Crippen molar-refractivity contribution >= 4 is 35.1 Å². The molecule has 3 rings (SSSR count). The van der Waals surface area contributed by atoms with Gasteiger partial charge in [-0.2, -0.15) is 4.98 Å². The van der Waals surface area contributed by atoms with Crippen molar-refractivity contribution in [1.29, 1.82) is 0 Å². The van der Waals surface area contributed by atoms with E-state index in [2.05, 4.69) is 20.6 Å². The third kappa shape index (κ3) is 4.28. The van der Waals surface area contributed by atoms with Crippen LogP contribution in [0.1, 0.15) is 20.7 Å². The number of aromatic nitrogens is 2. The maximum Gasteiger partial charge on any atom is 0.339 e. The molecule has 0 unspecified atom stereocenters. The number of hydrogen-bond donors (Lipinski definition) is 5. The molecule has 0 atom stereocenters. The smallest absolute Gasteiger partial charge is 0.339 e. The van der Waals surface area contributed by atoms with E-state index in [4.69, 9.17) is 10.2 Å². The number of aromatic hydroxyl groups is 1. The van der Waals surface area contributed by atoms with Crippen molar-refractivity contribution < 1.29 is 24.9 Å². The van der Waals surface area contributed by atoms with Crippen LogP contribution in [0.25, 0.3) is 0 Å². The van der Waals surface area contributed by atoms with E-state index in [0.29, 0.717) is 17.2 Å². The molecule has 0 saturated heterocycles. The molecule has 0 bridgehead atoms. The van der Waals surface area contributed by atoms with Gasteiger partial charge in [0.1, 0.15) is 17.1 Å². The number of hydrogen-bond acceptors (Lipinski definition) is 7. The number of carboxylic acid groups (broad SMARTS) is 2.